The molecule has 4 N–H and O–H groups in total. The van der Waals surface area contributed by atoms with Gasteiger partial charge in [-0.25, -0.2) is 0 Å². The molecule has 26 heavy (non-hydrogen) atoms. The summed E-state index contributed by atoms with van der Waals surface area (Å²) >= 11 is 0. The molecule has 0 aliphatic heterocycles. The predicted octanol–water partition coefficient (Wildman–Crippen LogP) is 3.07. The lowest BCUT2D eigenvalue weighted by Gasteiger charge is -2.19. The number of benzene rings is 1. The van der Waals surface area contributed by atoms with Crippen LogP contribution in [-0.2, 0) is 0 Å². The van der Waals surface area contributed by atoms with Gasteiger partial charge >= 0.3 is 0 Å². The van der Waals surface area contributed by atoms with Crippen molar-refractivity contribution < 1.29 is 9.47 Å². The molecule has 0 spiro atoms. The fourth-order valence-electron chi connectivity index (χ4n) is 2.85. The summed E-state index contributed by atoms with van der Waals surface area (Å²) < 4.78 is 11.7. The van der Waals surface area contributed by atoms with E-state index in [9.17, 15) is 0 Å². The van der Waals surface area contributed by atoms with Crippen molar-refractivity contribution in [3.63, 3.8) is 0 Å². The molecular formula is C20H38N4O2. The van der Waals surface area contributed by atoms with Gasteiger partial charge in [0.1, 0.15) is 11.5 Å². The largest absolute Gasteiger partial charge is 0.493 e. The van der Waals surface area contributed by atoms with E-state index in [1.54, 1.807) is 6.07 Å². The number of nitrogens with zero attached hydrogens (tertiary/aromatic N) is 2. The Morgan fingerprint density at radius 2 is 1.27 bits per heavy atom. The Balaban J connectivity index is 2.49. The zero-order valence-corrected chi connectivity index (χ0v) is 17.1. The van der Waals surface area contributed by atoms with Crippen LogP contribution in [0.1, 0.15) is 40.5 Å². The molecule has 0 aromatic heterocycles. The molecular weight excluding hydrogens is 328 g/mol. The van der Waals surface area contributed by atoms with Gasteiger partial charge in [0.15, 0.2) is 0 Å². The molecule has 1 aromatic rings. The monoisotopic (exact) mass is 366 g/mol. The Morgan fingerprint density at radius 3 is 1.77 bits per heavy atom. The molecule has 0 amide bonds. The summed E-state index contributed by atoms with van der Waals surface area (Å²) in [4.78, 5) is 4.75. The van der Waals surface area contributed by atoms with Crippen LogP contribution in [-0.4, -0.2) is 62.3 Å². The summed E-state index contributed by atoms with van der Waals surface area (Å²) in [5.74, 6) is 1.33. The number of nitrogens with two attached hydrogens (primary N) is 2. The van der Waals surface area contributed by atoms with Gasteiger partial charge in [0, 0.05) is 25.2 Å². The van der Waals surface area contributed by atoms with E-state index in [2.05, 4.69) is 37.5 Å². The number of rotatable bonds is 14. The molecule has 0 saturated heterocycles. The van der Waals surface area contributed by atoms with Gasteiger partial charge in [-0.2, -0.15) is 0 Å². The minimum Gasteiger partial charge on any atom is -0.493 e. The highest BCUT2D eigenvalue weighted by Crippen LogP contribution is 2.33. The summed E-state index contributed by atoms with van der Waals surface area (Å²) in [6, 6.07) is 3.62. The van der Waals surface area contributed by atoms with Crippen LogP contribution >= 0.6 is 0 Å². The van der Waals surface area contributed by atoms with E-state index in [4.69, 9.17) is 20.9 Å². The second-order valence-electron chi connectivity index (χ2n) is 6.38. The van der Waals surface area contributed by atoms with Crippen molar-refractivity contribution in [3.8, 4) is 11.5 Å². The van der Waals surface area contributed by atoms with Gasteiger partial charge in [-0.15, -0.1) is 0 Å². The topological polar surface area (TPSA) is 77.0 Å². The molecule has 0 atom stereocenters. The standard InChI is InChI=1S/C20H38N4O2/c1-5-23(6-2)11-9-13-25-17-15-18(21)20(22)19(16-17)26-14-10-12-24(7-3)8-4/h15-16H,5-14,21-22H2,1-4H3. The molecule has 6 heteroatoms. The van der Waals surface area contributed by atoms with Crippen molar-refractivity contribution in [2.24, 2.45) is 0 Å². The SMILES string of the molecule is CCN(CC)CCCOc1cc(N)c(N)c(OCCCN(CC)CC)c1. The van der Waals surface area contributed by atoms with Crippen LogP contribution in [0.5, 0.6) is 11.5 Å². The first-order valence-corrected chi connectivity index (χ1v) is 9.94. The number of nitrogen functional groups attached to an aromatic ring is 2. The molecule has 0 heterocycles. The molecule has 6 nitrogen and oxygen atoms in total. The van der Waals surface area contributed by atoms with Gasteiger partial charge in [0.2, 0.25) is 0 Å². The maximum absolute atomic E-state index is 6.05. The number of hydrogen-bond acceptors (Lipinski definition) is 6. The Morgan fingerprint density at radius 1 is 0.769 bits per heavy atom. The molecule has 0 fully saturated rings. The molecule has 1 aromatic carbocycles. The number of ether oxygens (including phenoxy) is 2. The van der Waals surface area contributed by atoms with Crippen LogP contribution in [0.15, 0.2) is 12.1 Å². The van der Waals surface area contributed by atoms with Gasteiger partial charge in [-0.1, -0.05) is 27.7 Å². The second-order valence-corrected chi connectivity index (χ2v) is 6.38. The number of hydrogen-bond donors (Lipinski definition) is 2. The molecule has 0 aliphatic rings. The quantitative estimate of drug-likeness (QED) is 0.389. The third-order valence-electron chi connectivity index (χ3n) is 4.70. The average molecular weight is 367 g/mol. The Bertz CT molecular complexity index is 503. The third kappa shape index (κ3) is 7.70. The van der Waals surface area contributed by atoms with Gasteiger partial charge < -0.3 is 30.7 Å². The zero-order chi connectivity index (χ0) is 19.4. The van der Waals surface area contributed by atoms with Crippen LogP contribution < -0.4 is 20.9 Å². The lowest BCUT2D eigenvalue weighted by Crippen LogP contribution is -2.25. The van der Waals surface area contributed by atoms with Crippen molar-refractivity contribution in [1.82, 2.24) is 9.80 Å². The lowest BCUT2D eigenvalue weighted by atomic mass is 10.2. The summed E-state index contributed by atoms with van der Waals surface area (Å²) in [6.07, 6.45) is 1.93. The summed E-state index contributed by atoms with van der Waals surface area (Å²) in [6.45, 7) is 16.3. The molecule has 0 saturated carbocycles. The van der Waals surface area contributed by atoms with E-state index in [0.29, 0.717) is 30.3 Å². The van der Waals surface area contributed by atoms with Crippen LogP contribution in [0.3, 0.4) is 0 Å². The van der Waals surface area contributed by atoms with Crippen molar-refractivity contribution in [2.45, 2.75) is 40.5 Å². The van der Waals surface area contributed by atoms with Crippen molar-refractivity contribution in [2.75, 3.05) is 63.9 Å². The maximum atomic E-state index is 6.05. The first-order valence-electron chi connectivity index (χ1n) is 9.94. The smallest absolute Gasteiger partial charge is 0.147 e. The summed E-state index contributed by atoms with van der Waals surface area (Å²) in [7, 11) is 0. The molecule has 0 aliphatic carbocycles. The summed E-state index contributed by atoms with van der Waals surface area (Å²) in [5.41, 5.74) is 13.1. The molecule has 150 valence electrons. The van der Waals surface area contributed by atoms with E-state index in [0.717, 1.165) is 57.9 Å². The maximum Gasteiger partial charge on any atom is 0.147 e. The second kappa shape index (κ2) is 12.7. The average Bonchev–Trinajstić information content (AvgIpc) is 2.65. The normalized spacial score (nSPS) is 11.3. The highest BCUT2D eigenvalue weighted by Gasteiger charge is 2.09. The van der Waals surface area contributed by atoms with Gasteiger partial charge in [-0.3, -0.25) is 0 Å². The van der Waals surface area contributed by atoms with E-state index >= 15 is 0 Å². The molecule has 0 radical (unpaired) electrons. The Labute approximate surface area is 159 Å². The van der Waals surface area contributed by atoms with Crippen LogP contribution in [0.2, 0.25) is 0 Å². The van der Waals surface area contributed by atoms with E-state index in [1.165, 1.54) is 0 Å². The minimum atomic E-state index is 0.489. The fraction of sp³-hybridized carbons (Fsp3) is 0.700. The van der Waals surface area contributed by atoms with E-state index in [1.807, 2.05) is 6.07 Å². The first kappa shape index (κ1) is 22.4. The molecule has 1 rings (SSSR count). The molecule has 0 bridgehead atoms. The highest BCUT2D eigenvalue weighted by molar-refractivity contribution is 5.73. The highest BCUT2D eigenvalue weighted by atomic mass is 16.5. The van der Waals surface area contributed by atoms with Crippen molar-refractivity contribution in [3.05, 3.63) is 12.1 Å². The van der Waals surface area contributed by atoms with Gasteiger partial charge in [0.25, 0.3) is 0 Å². The number of anilines is 2. The van der Waals surface area contributed by atoms with Crippen LogP contribution in [0.25, 0.3) is 0 Å². The fourth-order valence-corrected chi connectivity index (χ4v) is 2.85. The van der Waals surface area contributed by atoms with Crippen molar-refractivity contribution in [1.29, 1.82) is 0 Å². The van der Waals surface area contributed by atoms with E-state index < -0.39 is 0 Å². The molecule has 0 unspecified atom stereocenters. The minimum absolute atomic E-state index is 0.489. The zero-order valence-electron chi connectivity index (χ0n) is 17.1. The third-order valence-corrected chi connectivity index (χ3v) is 4.70. The van der Waals surface area contributed by atoms with Gasteiger partial charge in [-0.05, 0) is 39.0 Å². The van der Waals surface area contributed by atoms with Crippen LogP contribution in [0, 0.1) is 0 Å². The Hall–Kier alpha value is -1.66. The lowest BCUT2D eigenvalue weighted by molar-refractivity contribution is 0.243. The van der Waals surface area contributed by atoms with Crippen molar-refractivity contribution >= 4 is 11.4 Å². The Kier molecular flexibility index (Phi) is 10.9. The van der Waals surface area contributed by atoms with Gasteiger partial charge in [0.05, 0.1) is 24.6 Å². The first-order chi connectivity index (χ1) is 12.5. The predicted molar refractivity (Wildman–Crippen MR) is 111 cm³/mol. The van der Waals surface area contributed by atoms with E-state index in [-0.39, 0.29) is 0 Å². The summed E-state index contributed by atoms with van der Waals surface area (Å²) in [5, 5.41) is 0. The van der Waals surface area contributed by atoms with Crippen LogP contribution in [0.4, 0.5) is 11.4 Å².